The maximum absolute atomic E-state index is 11.8. The van der Waals surface area contributed by atoms with Crippen LogP contribution in [0.15, 0.2) is 18.2 Å². The van der Waals surface area contributed by atoms with Crippen molar-refractivity contribution >= 4 is 41.1 Å². The highest BCUT2D eigenvalue weighted by molar-refractivity contribution is 7.98. The third-order valence-corrected chi connectivity index (χ3v) is 6.26. The summed E-state index contributed by atoms with van der Waals surface area (Å²) >= 11 is 13.8. The molecule has 1 amide bonds. The van der Waals surface area contributed by atoms with Crippen molar-refractivity contribution in [3.05, 3.63) is 33.8 Å². The molecule has 0 aromatic heterocycles. The van der Waals surface area contributed by atoms with Gasteiger partial charge in [-0.3, -0.25) is 0 Å². The quantitative estimate of drug-likeness (QED) is 0.722. The minimum Gasteiger partial charge on any atom is -0.465 e. The Labute approximate surface area is 175 Å². The van der Waals surface area contributed by atoms with Crippen LogP contribution in [0.2, 0.25) is 10.0 Å². The number of thioether (sulfide) groups is 1. The zero-order chi connectivity index (χ0) is 20.4. The van der Waals surface area contributed by atoms with E-state index in [1.165, 1.54) is 16.7 Å². The zero-order valence-corrected chi connectivity index (χ0v) is 18.3. The van der Waals surface area contributed by atoms with Gasteiger partial charge in [-0.25, -0.2) is 4.79 Å². The lowest BCUT2D eigenvalue weighted by Gasteiger charge is -2.35. The zero-order valence-electron chi connectivity index (χ0n) is 16.0. The topological polar surface area (TPSA) is 70.0 Å². The van der Waals surface area contributed by atoms with Crippen LogP contribution in [0, 0.1) is 5.41 Å². The van der Waals surface area contributed by atoms with Gasteiger partial charge in [0, 0.05) is 18.2 Å². The van der Waals surface area contributed by atoms with Crippen LogP contribution in [0.5, 0.6) is 0 Å². The fraction of sp³-hybridized carbons (Fsp3) is 0.632. The summed E-state index contributed by atoms with van der Waals surface area (Å²) in [6.07, 6.45) is -0.721. The Balaban J connectivity index is 2.49. The predicted molar refractivity (Wildman–Crippen MR) is 111 cm³/mol. The molecule has 1 fully saturated rings. The fourth-order valence-electron chi connectivity index (χ4n) is 3.24. The lowest BCUT2D eigenvalue weighted by molar-refractivity contribution is -0.105. The van der Waals surface area contributed by atoms with Gasteiger partial charge in [-0.2, -0.15) is 11.8 Å². The smallest absolute Gasteiger partial charge is 0.407 e. The van der Waals surface area contributed by atoms with Crippen molar-refractivity contribution in [1.82, 2.24) is 4.90 Å². The summed E-state index contributed by atoms with van der Waals surface area (Å²) in [5.74, 6) is 0.136. The molecule has 0 radical (unpaired) electrons. The number of halogens is 2. The van der Waals surface area contributed by atoms with E-state index in [0.717, 1.165) is 5.56 Å². The molecule has 8 heteroatoms. The summed E-state index contributed by atoms with van der Waals surface area (Å²) in [5, 5.41) is 21.3. The molecule has 1 aromatic carbocycles. The Morgan fingerprint density at radius 1 is 1.33 bits per heavy atom. The van der Waals surface area contributed by atoms with E-state index in [4.69, 9.17) is 27.9 Å². The van der Waals surface area contributed by atoms with Crippen LogP contribution >= 0.6 is 35.0 Å². The Hall–Kier alpha value is -0.660. The highest BCUT2D eigenvalue weighted by atomic mass is 35.5. The second-order valence-corrected chi connectivity index (χ2v) is 9.67. The third-order valence-electron chi connectivity index (χ3n) is 4.85. The number of hydrogen-bond donors (Lipinski definition) is 2. The second-order valence-electron chi connectivity index (χ2n) is 7.95. The maximum atomic E-state index is 11.8. The summed E-state index contributed by atoms with van der Waals surface area (Å²) in [6.45, 7) is 6.49. The van der Waals surface area contributed by atoms with Gasteiger partial charge in [0.05, 0.1) is 34.9 Å². The molecule has 1 saturated heterocycles. The molecule has 1 aliphatic rings. The van der Waals surface area contributed by atoms with Gasteiger partial charge in [0.2, 0.25) is 0 Å². The molecule has 152 valence electrons. The van der Waals surface area contributed by atoms with Crippen molar-refractivity contribution in [2.45, 2.75) is 45.0 Å². The minimum atomic E-state index is -1.00. The van der Waals surface area contributed by atoms with Crippen LogP contribution in [0.25, 0.3) is 0 Å². The summed E-state index contributed by atoms with van der Waals surface area (Å²) < 4.78 is 6.36. The first-order chi connectivity index (χ1) is 12.5. The van der Waals surface area contributed by atoms with Crippen LogP contribution in [0.3, 0.4) is 0 Å². The van der Waals surface area contributed by atoms with Crippen molar-refractivity contribution in [3.8, 4) is 0 Å². The van der Waals surface area contributed by atoms with Crippen LogP contribution in [-0.4, -0.2) is 64.6 Å². The number of aliphatic hydroxyl groups is 1. The van der Waals surface area contributed by atoms with Gasteiger partial charge in [-0.15, -0.1) is 0 Å². The van der Waals surface area contributed by atoms with Gasteiger partial charge in [-0.05, 0) is 29.4 Å². The van der Waals surface area contributed by atoms with E-state index in [-0.39, 0.29) is 30.5 Å². The Bertz CT molecular complexity index is 668. The van der Waals surface area contributed by atoms with Crippen LogP contribution in [0.1, 0.15) is 32.3 Å². The summed E-state index contributed by atoms with van der Waals surface area (Å²) in [5.41, 5.74) is 0.521. The summed E-state index contributed by atoms with van der Waals surface area (Å²) in [4.78, 5) is 13.2. The molecule has 2 N–H and O–H groups in total. The highest BCUT2D eigenvalue weighted by Gasteiger charge is 2.42. The molecule has 1 aromatic rings. The van der Waals surface area contributed by atoms with Crippen molar-refractivity contribution in [3.63, 3.8) is 0 Å². The first kappa shape index (κ1) is 22.6. The van der Waals surface area contributed by atoms with Crippen molar-refractivity contribution in [2.24, 2.45) is 5.41 Å². The third kappa shape index (κ3) is 5.67. The number of carboxylic acid groups (broad SMARTS) is 1. The highest BCUT2D eigenvalue weighted by Crippen LogP contribution is 2.37. The molecular weight excluding hydrogens is 409 g/mol. The van der Waals surface area contributed by atoms with Gasteiger partial charge in [0.25, 0.3) is 0 Å². The molecule has 0 spiro atoms. The molecule has 4 atom stereocenters. The van der Waals surface area contributed by atoms with Gasteiger partial charge in [0.1, 0.15) is 0 Å². The normalized spacial score (nSPS) is 25.1. The first-order valence-corrected chi connectivity index (χ1v) is 10.9. The summed E-state index contributed by atoms with van der Waals surface area (Å²) in [7, 11) is 0. The number of aliphatic hydroxyl groups excluding tert-OH is 1. The first-order valence-electron chi connectivity index (χ1n) is 8.80. The second kappa shape index (κ2) is 9.23. The van der Waals surface area contributed by atoms with Crippen molar-refractivity contribution in [2.75, 3.05) is 25.1 Å². The number of hydrogen-bond acceptors (Lipinski definition) is 4. The number of benzene rings is 1. The number of ether oxygens (including phenoxy) is 1. The molecule has 5 nitrogen and oxygen atoms in total. The molecule has 1 aliphatic heterocycles. The van der Waals surface area contributed by atoms with Gasteiger partial charge < -0.3 is 19.8 Å². The van der Waals surface area contributed by atoms with E-state index in [1.807, 2.05) is 33.1 Å². The van der Waals surface area contributed by atoms with Gasteiger partial charge in [0.15, 0.2) is 0 Å². The SMILES string of the molecule is CSC[C@H](O)[C@H]1O[C@H](C(C)(C)C)CN(C(=O)O)C[C@@H]1c1ccc(Cl)c(Cl)c1. The van der Waals surface area contributed by atoms with Crippen molar-refractivity contribution < 1.29 is 19.7 Å². The Morgan fingerprint density at radius 2 is 2.00 bits per heavy atom. The molecule has 27 heavy (non-hydrogen) atoms. The van der Waals surface area contributed by atoms with Crippen LogP contribution < -0.4 is 0 Å². The van der Waals surface area contributed by atoms with Crippen LogP contribution in [0.4, 0.5) is 4.79 Å². The Morgan fingerprint density at radius 3 is 2.52 bits per heavy atom. The molecule has 0 bridgehead atoms. The number of amides is 1. The number of rotatable bonds is 4. The maximum Gasteiger partial charge on any atom is 0.407 e. The average Bonchev–Trinajstić information content (AvgIpc) is 2.78. The Kier molecular flexibility index (Phi) is 7.73. The lowest BCUT2D eigenvalue weighted by Crippen LogP contribution is -2.43. The van der Waals surface area contributed by atoms with Gasteiger partial charge in [-0.1, -0.05) is 50.0 Å². The standard InChI is InChI=1S/C19H27Cl2NO4S/c1-19(2,3)16-9-22(18(24)25)8-12(17(26-16)15(23)10-27-4)11-5-6-13(20)14(21)7-11/h5-7,12,15-17,23H,8-10H2,1-4H3,(H,24,25)/t12-,15+,16+,17+/m1/s1. The molecule has 2 rings (SSSR count). The fourth-order valence-corrected chi connectivity index (χ4v) is 4.08. The van der Waals surface area contributed by atoms with E-state index in [0.29, 0.717) is 15.8 Å². The van der Waals surface area contributed by atoms with Crippen molar-refractivity contribution in [1.29, 1.82) is 0 Å². The van der Waals surface area contributed by atoms with E-state index in [1.54, 1.807) is 12.1 Å². The van der Waals surface area contributed by atoms with E-state index >= 15 is 0 Å². The molecular formula is C19H27Cl2NO4S. The van der Waals surface area contributed by atoms with Gasteiger partial charge >= 0.3 is 6.09 Å². The van der Waals surface area contributed by atoms with E-state index in [9.17, 15) is 15.0 Å². The summed E-state index contributed by atoms with van der Waals surface area (Å²) in [6, 6.07) is 5.24. The van der Waals surface area contributed by atoms with Crippen LogP contribution in [-0.2, 0) is 4.74 Å². The minimum absolute atomic E-state index is 0.218. The average molecular weight is 436 g/mol. The molecule has 0 aliphatic carbocycles. The molecule has 0 unspecified atom stereocenters. The molecule has 0 saturated carbocycles. The van der Waals surface area contributed by atoms with E-state index in [2.05, 4.69) is 0 Å². The van der Waals surface area contributed by atoms with E-state index < -0.39 is 18.3 Å². The monoisotopic (exact) mass is 435 g/mol. The lowest BCUT2D eigenvalue weighted by atomic mass is 9.88. The predicted octanol–water partition coefficient (Wildman–Crippen LogP) is 4.59. The number of carbonyl (C=O) groups is 1. The number of nitrogens with zero attached hydrogens (tertiary/aromatic N) is 1. The molecule has 1 heterocycles. The largest absolute Gasteiger partial charge is 0.465 e.